The van der Waals surface area contributed by atoms with Gasteiger partial charge in [0.1, 0.15) is 6.04 Å². The van der Waals surface area contributed by atoms with Crippen LogP contribution in [0.3, 0.4) is 0 Å². The van der Waals surface area contributed by atoms with E-state index in [9.17, 15) is 13.2 Å². The third-order valence-corrected chi connectivity index (χ3v) is 1.32. The van der Waals surface area contributed by atoms with Gasteiger partial charge in [-0.1, -0.05) is 0 Å². The zero-order chi connectivity index (χ0) is 9.28. The van der Waals surface area contributed by atoms with E-state index in [1.165, 1.54) is 0 Å². The van der Waals surface area contributed by atoms with E-state index in [0.717, 1.165) is 20.9 Å². The Labute approximate surface area is 63.4 Å². The van der Waals surface area contributed by atoms with E-state index in [0.29, 0.717) is 0 Å². The second-order valence-electron chi connectivity index (χ2n) is 2.92. The predicted octanol–water partition coefficient (Wildman–Crippen LogP) is 0.908. The summed E-state index contributed by atoms with van der Waals surface area (Å²) < 4.78 is 36.0. The van der Waals surface area contributed by atoms with Crippen molar-refractivity contribution in [3.05, 3.63) is 0 Å². The Morgan fingerprint density at radius 2 is 1.64 bits per heavy atom. The Balaban J connectivity index is 4.43. The van der Waals surface area contributed by atoms with Crippen LogP contribution in [0.5, 0.6) is 0 Å². The fourth-order valence-corrected chi connectivity index (χ4v) is 0.917. The highest BCUT2D eigenvalue weighted by atomic mass is 19.4. The minimum atomic E-state index is -4.41. The molecule has 0 aliphatic carbocycles. The van der Waals surface area contributed by atoms with Gasteiger partial charge in [0.2, 0.25) is 0 Å². The van der Waals surface area contributed by atoms with Crippen LogP contribution in [0, 0.1) is 0 Å². The summed E-state index contributed by atoms with van der Waals surface area (Å²) in [5, 5.41) is 11.0. The highest BCUT2D eigenvalue weighted by Gasteiger charge is 2.47. The molecule has 0 radical (unpaired) electrons. The van der Waals surface area contributed by atoms with Gasteiger partial charge in [-0.05, 0) is 20.9 Å². The van der Waals surface area contributed by atoms with E-state index >= 15 is 0 Å². The van der Waals surface area contributed by atoms with E-state index in [-0.39, 0.29) is 0 Å². The molecule has 0 aromatic rings. The van der Waals surface area contributed by atoms with Gasteiger partial charge in [0.15, 0.2) is 0 Å². The number of hydrogen-bond acceptors (Lipinski definition) is 2. The third kappa shape index (κ3) is 3.07. The van der Waals surface area contributed by atoms with E-state index in [1.807, 2.05) is 5.32 Å². The highest BCUT2D eigenvalue weighted by molar-refractivity contribution is 4.88. The van der Waals surface area contributed by atoms with Crippen LogP contribution >= 0.6 is 0 Å². The van der Waals surface area contributed by atoms with Gasteiger partial charge in [-0.25, -0.2) is 0 Å². The molecule has 2 nitrogen and oxygen atoms in total. The van der Waals surface area contributed by atoms with Crippen LogP contribution in [-0.4, -0.2) is 30.0 Å². The molecule has 1 unspecified atom stereocenters. The van der Waals surface area contributed by atoms with Crippen molar-refractivity contribution in [1.82, 2.24) is 5.32 Å². The third-order valence-electron chi connectivity index (χ3n) is 1.32. The van der Waals surface area contributed by atoms with Crippen LogP contribution < -0.4 is 5.32 Å². The zero-order valence-electron chi connectivity index (χ0n) is 6.66. The maximum atomic E-state index is 12.0. The Morgan fingerprint density at radius 1 is 1.27 bits per heavy atom. The highest BCUT2D eigenvalue weighted by Crippen LogP contribution is 2.27. The van der Waals surface area contributed by atoms with Gasteiger partial charge in [-0.2, -0.15) is 13.2 Å². The first kappa shape index (κ1) is 10.7. The standard InChI is InChI=1S/C6H12F3NO/c1-5(2,11)4(10-3)6(7,8)9/h4,10-11H,1-3H3. The largest absolute Gasteiger partial charge is 0.406 e. The average molecular weight is 171 g/mol. The number of likely N-dealkylation sites (N-methyl/N-ethyl adjacent to an activating group) is 1. The van der Waals surface area contributed by atoms with E-state index in [1.54, 1.807) is 0 Å². The monoisotopic (exact) mass is 171 g/mol. The lowest BCUT2D eigenvalue weighted by Crippen LogP contribution is -2.54. The summed E-state index contributed by atoms with van der Waals surface area (Å²) in [5.41, 5.74) is -1.78. The summed E-state index contributed by atoms with van der Waals surface area (Å²) in [4.78, 5) is 0. The summed E-state index contributed by atoms with van der Waals surface area (Å²) in [6.07, 6.45) is -4.41. The molecule has 0 aromatic carbocycles. The van der Waals surface area contributed by atoms with E-state index in [4.69, 9.17) is 5.11 Å². The number of nitrogens with one attached hydrogen (secondary N) is 1. The van der Waals surface area contributed by atoms with Crippen LogP contribution in [0.1, 0.15) is 13.8 Å². The number of halogens is 3. The zero-order valence-corrected chi connectivity index (χ0v) is 6.66. The van der Waals surface area contributed by atoms with E-state index < -0.39 is 17.8 Å². The maximum Gasteiger partial charge on any atom is 0.406 e. The fraction of sp³-hybridized carbons (Fsp3) is 1.00. The molecule has 0 bridgehead atoms. The Kier molecular flexibility index (Phi) is 2.91. The molecule has 0 spiro atoms. The summed E-state index contributed by atoms with van der Waals surface area (Å²) in [6, 6.07) is -1.88. The molecule has 0 amide bonds. The van der Waals surface area contributed by atoms with Gasteiger partial charge in [-0.15, -0.1) is 0 Å². The minimum absolute atomic E-state index is 1.11. The molecule has 0 saturated carbocycles. The second kappa shape index (κ2) is 2.98. The van der Waals surface area contributed by atoms with Crippen molar-refractivity contribution in [2.75, 3.05) is 7.05 Å². The summed E-state index contributed by atoms with van der Waals surface area (Å²) >= 11 is 0. The molecule has 0 saturated heterocycles. The lowest BCUT2D eigenvalue weighted by atomic mass is 9.99. The van der Waals surface area contributed by atoms with Crippen molar-refractivity contribution in [3.8, 4) is 0 Å². The van der Waals surface area contributed by atoms with Gasteiger partial charge in [-0.3, -0.25) is 0 Å². The van der Waals surface area contributed by atoms with Crippen molar-refractivity contribution < 1.29 is 18.3 Å². The molecule has 11 heavy (non-hydrogen) atoms. The van der Waals surface area contributed by atoms with Gasteiger partial charge >= 0.3 is 6.18 Å². The van der Waals surface area contributed by atoms with Gasteiger partial charge in [0.25, 0.3) is 0 Å². The minimum Gasteiger partial charge on any atom is -0.388 e. The summed E-state index contributed by atoms with van der Waals surface area (Å²) in [7, 11) is 1.16. The van der Waals surface area contributed by atoms with Crippen molar-refractivity contribution >= 4 is 0 Å². The number of alkyl halides is 3. The van der Waals surface area contributed by atoms with Crippen molar-refractivity contribution in [2.45, 2.75) is 31.7 Å². The number of aliphatic hydroxyl groups is 1. The lowest BCUT2D eigenvalue weighted by Gasteiger charge is -2.30. The van der Waals surface area contributed by atoms with Crippen LogP contribution in [0.25, 0.3) is 0 Å². The van der Waals surface area contributed by atoms with Crippen molar-refractivity contribution in [1.29, 1.82) is 0 Å². The Hall–Kier alpha value is -0.290. The van der Waals surface area contributed by atoms with Crippen molar-refractivity contribution in [2.24, 2.45) is 0 Å². The van der Waals surface area contributed by atoms with Gasteiger partial charge < -0.3 is 10.4 Å². The quantitative estimate of drug-likeness (QED) is 0.647. The van der Waals surface area contributed by atoms with Gasteiger partial charge in [0.05, 0.1) is 5.60 Å². The summed E-state index contributed by atoms with van der Waals surface area (Å²) in [5.74, 6) is 0. The van der Waals surface area contributed by atoms with Crippen LogP contribution in [-0.2, 0) is 0 Å². The molecule has 1 atom stereocenters. The molecule has 0 aliphatic rings. The van der Waals surface area contributed by atoms with Crippen LogP contribution in [0.2, 0.25) is 0 Å². The summed E-state index contributed by atoms with van der Waals surface area (Å²) in [6.45, 7) is 2.23. The maximum absolute atomic E-state index is 12.0. The molecule has 2 N–H and O–H groups in total. The first-order valence-corrected chi connectivity index (χ1v) is 3.16. The molecule has 0 aliphatic heterocycles. The normalized spacial score (nSPS) is 16.6. The smallest absolute Gasteiger partial charge is 0.388 e. The predicted molar refractivity (Wildman–Crippen MR) is 35.2 cm³/mol. The Morgan fingerprint density at radius 3 is 1.64 bits per heavy atom. The lowest BCUT2D eigenvalue weighted by molar-refractivity contribution is -0.193. The molecule has 5 heteroatoms. The number of hydrogen-bond donors (Lipinski definition) is 2. The van der Waals surface area contributed by atoms with E-state index in [2.05, 4.69) is 0 Å². The first-order valence-electron chi connectivity index (χ1n) is 3.16. The first-order chi connectivity index (χ1) is 4.69. The number of rotatable bonds is 2. The van der Waals surface area contributed by atoms with Crippen LogP contribution in [0.4, 0.5) is 13.2 Å². The Bertz CT molecular complexity index is 113. The molecule has 0 rings (SSSR count). The molecular weight excluding hydrogens is 159 g/mol. The second-order valence-corrected chi connectivity index (χ2v) is 2.92. The van der Waals surface area contributed by atoms with Crippen molar-refractivity contribution in [3.63, 3.8) is 0 Å². The molecule has 0 aromatic heterocycles. The average Bonchev–Trinajstić information content (AvgIpc) is 1.56. The molecule has 68 valence electrons. The van der Waals surface area contributed by atoms with Crippen LogP contribution in [0.15, 0.2) is 0 Å². The SMILES string of the molecule is CNC(C(C)(C)O)C(F)(F)F. The topological polar surface area (TPSA) is 32.3 Å². The molecular formula is C6H12F3NO. The van der Waals surface area contributed by atoms with Gasteiger partial charge in [0, 0.05) is 0 Å². The fourth-order valence-electron chi connectivity index (χ4n) is 0.917. The molecule has 0 heterocycles. The molecule has 0 fully saturated rings.